The van der Waals surface area contributed by atoms with Crippen molar-refractivity contribution in [3.05, 3.63) is 54.0 Å². The summed E-state index contributed by atoms with van der Waals surface area (Å²) in [5.74, 6) is 1.59. The van der Waals surface area contributed by atoms with Crippen LogP contribution in [0.5, 0.6) is 0 Å². The molecule has 6 heteroatoms. The van der Waals surface area contributed by atoms with E-state index < -0.39 is 0 Å². The second-order valence-corrected chi connectivity index (χ2v) is 6.87. The lowest BCUT2D eigenvalue weighted by atomic mass is 10.1. The number of aromatic amines is 1. The Labute approximate surface area is 156 Å². The van der Waals surface area contributed by atoms with Gasteiger partial charge in [0.2, 0.25) is 0 Å². The van der Waals surface area contributed by atoms with Crippen LogP contribution in [0.2, 0.25) is 0 Å². The highest BCUT2D eigenvalue weighted by molar-refractivity contribution is 5.95. The Hall–Kier alpha value is -2.99. The Bertz CT molecular complexity index is 1080. The van der Waals surface area contributed by atoms with Gasteiger partial charge in [-0.1, -0.05) is 6.07 Å². The largest absolute Gasteiger partial charge is 0.457 e. The number of fused-ring (bicyclic) bond motifs is 1. The Morgan fingerprint density at radius 1 is 1.11 bits per heavy atom. The maximum absolute atomic E-state index is 6.11. The lowest BCUT2D eigenvalue weighted by molar-refractivity contribution is 0.00221. The average Bonchev–Trinajstić information content (AvgIpc) is 3.36. The van der Waals surface area contributed by atoms with Gasteiger partial charge in [0, 0.05) is 24.1 Å². The molecular formula is C21H20N4O2. The molecule has 5 rings (SSSR count). The third-order valence-corrected chi connectivity index (χ3v) is 5.02. The van der Waals surface area contributed by atoms with E-state index >= 15 is 0 Å². The number of furan rings is 1. The highest BCUT2D eigenvalue weighted by Gasteiger charge is 2.21. The molecule has 1 saturated heterocycles. The Morgan fingerprint density at radius 2 is 2.07 bits per heavy atom. The van der Waals surface area contributed by atoms with Crippen LogP contribution >= 0.6 is 0 Å². The summed E-state index contributed by atoms with van der Waals surface area (Å²) in [5, 5.41) is 8.37. The molecule has 0 aliphatic carbocycles. The minimum absolute atomic E-state index is 0.0409. The van der Waals surface area contributed by atoms with Gasteiger partial charge in [0.1, 0.15) is 17.6 Å². The molecule has 4 aromatic heterocycles. The number of nitrogens with zero attached hydrogens (tertiary/aromatic N) is 3. The number of rotatable bonds is 3. The molecule has 6 nitrogen and oxygen atoms in total. The molecule has 0 spiro atoms. The number of nitrogens with one attached hydrogen (secondary N) is 1. The van der Waals surface area contributed by atoms with Crippen molar-refractivity contribution in [3.8, 4) is 22.7 Å². The highest BCUT2D eigenvalue weighted by atomic mass is 16.5. The van der Waals surface area contributed by atoms with Crippen molar-refractivity contribution >= 4 is 11.0 Å². The Balaban J connectivity index is 1.61. The number of aromatic nitrogens is 4. The maximum atomic E-state index is 6.11. The van der Waals surface area contributed by atoms with Crippen LogP contribution in [-0.4, -0.2) is 26.8 Å². The van der Waals surface area contributed by atoms with E-state index in [0.717, 1.165) is 59.0 Å². The van der Waals surface area contributed by atoms with E-state index in [0.29, 0.717) is 5.65 Å². The van der Waals surface area contributed by atoms with E-state index in [1.54, 1.807) is 6.20 Å². The van der Waals surface area contributed by atoms with Crippen LogP contribution in [0.15, 0.2) is 47.0 Å². The third kappa shape index (κ3) is 2.92. The van der Waals surface area contributed by atoms with Gasteiger partial charge in [0.15, 0.2) is 11.4 Å². The molecule has 0 bridgehead atoms. The fourth-order valence-corrected chi connectivity index (χ4v) is 3.65. The van der Waals surface area contributed by atoms with Gasteiger partial charge in [-0.05, 0) is 56.5 Å². The van der Waals surface area contributed by atoms with Crippen LogP contribution in [0, 0.1) is 6.92 Å². The van der Waals surface area contributed by atoms with Crippen molar-refractivity contribution in [1.82, 2.24) is 20.2 Å². The predicted molar refractivity (Wildman–Crippen MR) is 102 cm³/mol. The first-order chi connectivity index (χ1) is 13.3. The van der Waals surface area contributed by atoms with Crippen molar-refractivity contribution in [1.29, 1.82) is 0 Å². The Kier molecular flexibility index (Phi) is 3.98. The molecule has 1 fully saturated rings. The minimum Gasteiger partial charge on any atom is -0.457 e. The summed E-state index contributed by atoms with van der Waals surface area (Å²) < 4.78 is 11.9. The summed E-state index contributed by atoms with van der Waals surface area (Å²) in [4.78, 5) is 9.22. The summed E-state index contributed by atoms with van der Waals surface area (Å²) in [5.41, 5.74) is 4.27. The van der Waals surface area contributed by atoms with Crippen molar-refractivity contribution < 1.29 is 9.15 Å². The SMILES string of the molecule is Cc1[nH]nc2nc(-c3ccc(C4CCCCO4)o3)cc(-c3ccccn3)c12. The number of pyridine rings is 2. The number of hydrogen-bond acceptors (Lipinski definition) is 5. The molecule has 0 aromatic carbocycles. The zero-order chi connectivity index (χ0) is 18.2. The van der Waals surface area contributed by atoms with E-state index in [2.05, 4.69) is 15.2 Å². The standard InChI is InChI=1S/C21H20N4O2/c1-13-20-14(15-6-2-4-10-22-15)12-16(23-21(20)25-24-13)17-8-9-19(27-17)18-7-3-5-11-26-18/h2,4,6,8-10,12,18H,3,5,7,11H2,1H3,(H,23,24,25). The lowest BCUT2D eigenvalue weighted by Crippen LogP contribution is -2.10. The van der Waals surface area contributed by atoms with Crippen molar-refractivity contribution in [2.45, 2.75) is 32.3 Å². The summed E-state index contributed by atoms with van der Waals surface area (Å²) in [6, 6.07) is 11.9. The zero-order valence-corrected chi connectivity index (χ0v) is 15.1. The van der Waals surface area contributed by atoms with Crippen LogP contribution in [0.3, 0.4) is 0 Å². The highest BCUT2D eigenvalue weighted by Crippen LogP contribution is 2.35. The predicted octanol–water partition coefficient (Wildman–Crippen LogP) is 4.83. The number of hydrogen-bond donors (Lipinski definition) is 1. The van der Waals surface area contributed by atoms with Gasteiger partial charge in [-0.15, -0.1) is 0 Å². The van der Waals surface area contributed by atoms with Gasteiger partial charge in [-0.3, -0.25) is 10.1 Å². The van der Waals surface area contributed by atoms with Gasteiger partial charge in [0.05, 0.1) is 11.1 Å². The third-order valence-electron chi connectivity index (χ3n) is 5.02. The van der Waals surface area contributed by atoms with E-state index in [1.807, 2.05) is 43.3 Å². The fraction of sp³-hybridized carbons (Fsp3) is 0.286. The van der Waals surface area contributed by atoms with Gasteiger partial charge >= 0.3 is 0 Å². The molecule has 0 saturated carbocycles. The van der Waals surface area contributed by atoms with Gasteiger partial charge in [-0.25, -0.2) is 4.98 Å². The second-order valence-electron chi connectivity index (χ2n) is 6.87. The van der Waals surface area contributed by atoms with Crippen molar-refractivity contribution in [2.24, 2.45) is 0 Å². The summed E-state index contributed by atoms with van der Waals surface area (Å²) in [7, 11) is 0. The molecule has 1 aliphatic rings. The van der Waals surface area contributed by atoms with Gasteiger partial charge in [0.25, 0.3) is 0 Å². The van der Waals surface area contributed by atoms with Gasteiger partial charge < -0.3 is 9.15 Å². The molecule has 1 N–H and O–H groups in total. The minimum atomic E-state index is 0.0409. The monoisotopic (exact) mass is 360 g/mol. The van der Waals surface area contributed by atoms with Crippen LogP contribution in [0.4, 0.5) is 0 Å². The first kappa shape index (κ1) is 16.2. The number of ether oxygens (including phenoxy) is 1. The molecule has 136 valence electrons. The number of aryl methyl sites for hydroxylation is 1. The first-order valence-corrected chi connectivity index (χ1v) is 9.28. The maximum Gasteiger partial charge on any atom is 0.182 e. The van der Waals surface area contributed by atoms with Crippen LogP contribution in [0.25, 0.3) is 33.7 Å². The van der Waals surface area contributed by atoms with Crippen LogP contribution in [-0.2, 0) is 4.74 Å². The molecule has 1 aliphatic heterocycles. The smallest absolute Gasteiger partial charge is 0.182 e. The first-order valence-electron chi connectivity index (χ1n) is 9.28. The number of H-pyrrole nitrogens is 1. The molecular weight excluding hydrogens is 340 g/mol. The lowest BCUT2D eigenvalue weighted by Gasteiger charge is -2.20. The molecule has 4 aromatic rings. The Morgan fingerprint density at radius 3 is 2.89 bits per heavy atom. The summed E-state index contributed by atoms with van der Waals surface area (Å²) >= 11 is 0. The van der Waals surface area contributed by atoms with E-state index in [1.165, 1.54) is 6.42 Å². The van der Waals surface area contributed by atoms with Crippen molar-refractivity contribution in [3.63, 3.8) is 0 Å². The van der Waals surface area contributed by atoms with E-state index in [4.69, 9.17) is 14.1 Å². The molecule has 27 heavy (non-hydrogen) atoms. The summed E-state index contributed by atoms with van der Waals surface area (Å²) in [6.45, 7) is 2.79. The molecule has 0 radical (unpaired) electrons. The van der Waals surface area contributed by atoms with Crippen LogP contribution < -0.4 is 0 Å². The van der Waals surface area contributed by atoms with Crippen molar-refractivity contribution in [2.75, 3.05) is 6.61 Å². The molecule has 5 heterocycles. The van der Waals surface area contributed by atoms with Crippen LogP contribution in [0.1, 0.15) is 36.8 Å². The molecule has 1 atom stereocenters. The molecule has 1 unspecified atom stereocenters. The molecule has 0 amide bonds. The quantitative estimate of drug-likeness (QED) is 0.566. The topological polar surface area (TPSA) is 76.8 Å². The fourth-order valence-electron chi connectivity index (χ4n) is 3.65. The zero-order valence-electron chi connectivity index (χ0n) is 15.1. The van der Waals surface area contributed by atoms with E-state index in [-0.39, 0.29) is 6.10 Å². The van der Waals surface area contributed by atoms with Gasteiger partial charge in [-0.2, -0.15) is 5.10 Å². The summed E-state index contributed by atoms with van der Waals surface area (Å²) in [6.07, 6.45) is 5.12. The van der Waals surface area contributed by atoms with E-state index in [9.17, 15) is 0 Å². The average molecular weight is 360 g/mol. The second kappa shape index (κ2) is 6.63. The normalized spacial score (nSPS) is 17.4.